The summed E-state index contributed by atoms with van der Waals surface area (Å²) >= 11 is 9.42. The topological polar surface area (TPSA) is 56.2 Å². The average Bonchev–Trinajstić information content (AvgIpc) is 2.94. The number of benzene rings is 2. The number of carbonyl (C=O) groups is 1. The predicted octanol–water partition coefficient (Wildman–Crippen LogP) is 5.31. The number of aryl methyl sites for hydroxylation is 1. The Labute approximate surface area is 175 Å². The van der Waals surface area contributed by atoms with Gasteiger partial charge in [-0.2, -0.15) is 5.10 Å². The highest BCUT2D eigenvalue weighted by Crippen LogP contribution is 2.25. The number of amides is 1. The van der Waals surface area contributed by atoms with E-state index in [-0.39, 0.29) is 11.6 Å². The highest BCUT2D eigenvalue weighted by atomic mass is 79.9. The summed E-state index contributed by atoms with van der Waals surface area (Å²) in [5.74, 6) is -0.179. The summed E-state index contributed by atoms with van der Waals surface area (Å²) in [6.07, 6.45) is 0. The van der Waals surface area contributed by atoms with E-state index >= 15 is 0 Å². The van der Waals surface area contributed by atoms with Crippen LogP contribution in [0.1, 0.15) is 21.7 Å². The largest absolute Gasteiger partial charge is 0.493 e. The zero-order chi connectivity index (χ0) is 20.3. The smallest absolute Gasteiger partial charge is 0.255 e. The number of ether oxygens (including phenoxy) is 1. The summed E-state index contributed by atoms with van der Waals surface area (Å²) in [4.78, 5) is 12.4. The van der Waals surface area contributed by atoms with E-state index in [9.17, 15) is 9.18 Å². The molecule has 1 heterocycles. The normalized spacial score (nSPS) is 10.8. The lowest BCUT2D eigenvalue weighted by Gasteiger charge is -2.10. The van der Waals surface area contributed by atoms with Gasteiger partial charge in [-0.25, -0.2) is 9.07 Å². The second kappa shape index (κ2) is 8.75. The van der Waals surface area contributed by atoms with Crippen LogP contribution in [0.4, 0.5) is 10.1 Å². The molecule has 0 bridgehead atoms. The Morgan fingerprint density at radius 2 is 1.96 bits per heavy atom. The van der Waals surface area contributed by atoms with Crippen molar-refractivity contribution in [1.29, 1.82) is 0 Å². The third-order valence-electron chi connectivity index (χ3n) is 4.10. The molecular weight excluding hydrogens is 449 g/mol. The van der Waals surface area contributed by atoms with E-state index < -0.39 is 5.82 Å². The highest BCUT2D eigenvalue weighted by molar-refractivity contribution is 9.09. The number of aromatic nitrogens is 2. The van der Waals surface area contributed by atoms with Crippen molar-refractivity contribution in [1.82, 2.24) is 9.78 Å². The Bertz CT molecular complexity index is 1010. The van der Waals surface area contributed by atoms with E-state index in [4.69, 9.17) is 16.3 Å². The molecule has 0 aliphatic carbocycles. The number of alkyl halides is 1. The van der Waals surface area contributed by atoms with Gasteiger partial charge in [0.25, 0.3) is 5.91 Å². The number of nitrogens with zero attached hydrogens (tertiary/aromatic N) is 2. The molecule has 146 valence electrons. The maximum atomic E-state index is 14.6. The van der Waals surface area contributed by atoms with Crippen molar-refractivity contribution in [2.24, 2.45) is 0 Å². The highest BCUT2D eigenvalue weighted by Gasteiger charge is 2.15. The van der Waals surface area contributed by atoms with Gasteiger partial charge in [-0.15, -0.1) is 0 Å². The lowest BCUT2D eigenvalue weighted by molar-refractivity contribution is 0.102. The van der Waals surface area contributed by atoms with Crippen LogP contribution < -0.4 is 10.1 Å². The fourth-order valence-electron chi connectivity index (χ4n) is 2.68. The van der Waals surface area contributed by atoms with E-state index in [1.165, 1.54) is 10.7 Å². The van der Waals surface area contributed by atoms with Gasteiger partial charge in [-0.1, -0.05) is 27.5 Å². The molecule has 0 spiro atoms. The molecular formula is C20H18BrClFN3O2. The molecule has 28 heavy (non-hydrogen) atoms. The van der Waals surface area contributed by atoms with Crippen LogP contribution in [0.5, 0.6) is 5.75 Å². The standard InChI is InChI=1S/C20H18BrClFN3O2/c1-12-19(22)13(2)26(25-12)18-8-5-15(11-17(18)23)24-20(27)14-3-6-16(7-4-14)28-10-9-21/h3-8,11H,9-10H2,1-2H3,(H,24,27). The molecule has 1 aromatic heterocycles. The van der Waals surface area contributed by atoms with E-state index in [1.54, 1.807) is 50.2 Å². The van der Waals surface area contributed by atoms with Crippen molar-refractivity contribution in [2.75, 3.05) is 17.3 Å². The molecule has 0 aliphatic rings. The number of anilines is 1. The molecule has 3 aromatic rings. The lowest BCUT2D eigenvalue weighted by Crippen LogP contribution is -2.12. The van der Waals surface area contributed by atoms with Crippen LogP contribution in [-0.4, -0.2) is 27.6 Å². The summed E-state index contributed by atoms with van der Waals surface area (Å²) < 4.78 is 21.5. The van der Waals surface area contributed by atoms with Gasteiger partial charge in [0.1, 0.15) is 11.4 Å². The molecule has 0 unspecified atom stereocenters. The fourth-order valence-corrected chi connectivity index (χ4v) is 2.96. The van der Waals surface area contributed by atoms with E-state index in [1.807, 2.05) is 0 Å². The van der Waals surface area contributed by atoms with Gasteiger partial charge in [0.2, 0.25) is 0 Å². The molecule has 5 nitrogen and oxygen atoms in total. The first-order valence-electron chi connectivity index (χ1n) is 8.52. The van der Waals surface area contributed by atoms with Crippen LogP contribution >= 0.6 is 27.5 Å². The van der Waals surface area contributed by atoms with E-state index in [2.05, 4.69) is 26.3 Å². The molecule has 0 saturated heterocycles. The number of halogens is 3. The van der Waals surface area contributed by atoms with Gasteiger partial charge in [-0.3, -0.25) is 4.79 Å². The van der Waals surface area contributed by atoms with E-state index in [0.29, 0.717) is 40.0 Å². The van der Waals surface area contributed by atoms with Crippen LogP contribution in [0.25, 0.3) is 5.69 Å². The Morgan fingerprint density at radius 1 is 1.25 bits per heavy atom. The van der Waals surface area contributed by atoms with Crippen LogP contribution in [0.3, 0.4) is 0 Å². The first-order chi connectivity index (χ1) is 13.4. The third kappa shape index (κ3) is 4.36. The molecule has 0 aliphatic heterocycles. The van der Waals surface area contributed by atoms with Crippen molar-refractivity contribution >= 4 is 39.1 Å². The SMILES string of the molecule is Cc1nn(-c2ccc(NC(=O)c3ccc(OCCBr)cc3)cc2F)c(C)c1Cl. The van der Waals surface area contributed by atoms with Crippen LogP contribution in [0.15, 0.2) is 42.5 Å². The summed E-state index contributed by atoms with van der Waals surface area (Å²) in [6.45, 7) is 4.06. The number of hydrogen-bond acceptors (Lipinski definition) is 3. The minimum absolute atomic E-state index is 0.263. The Morgan fingerprint density at radius 3 is 2.54 bits per heavy atom. The van der Waals surface area contributed by atoms with Gasteiger partial charge in [0, 0.05) is 16.6 Å². The summed E-state index contributed by atoms with van der Waals surface area (Å²) in [5, 5.41) is 8.16. The van der Waals surface area contributed by atoms with Gasteiger partial charge < -0.3 is 10.1 Å². The van der Waals surface area contributed by atoms with Gasteiger partial charge in [0.05, 0.1) is 23.0 Å². The first-order valence-corrected chi connectivity index (χ1v) is 10.0. The van der Waals surface area contributed by atoms with Gasteiger partial charge in [0.15, 0.2) is 5.82 Å². The quantitative estimate of drug-likeness (QED) is 0.501. The Kier molecular flexibility index (Phi) is 6.36. The molecule has 2 aromatic carbocycles. The third-order valence-corrected chi connectivity index (χ3v) is 4.97. The van der Waals surface area contributed by atoms with Gasteiger partial charge in [-0.05, 0) is 56.3 Å². The molecule has 1 N–H and O–H groups in total. The maximum Gasteiger partial charge on any atom is 0.255 e. The number of nitrogens with one attached hydrogen (secondary N) is 1. The average molecular weight is 467 g/mol. The van der Waals surface area contributed by atoms with E-state index in [0.717, 1.165) is 5.33 Å². The van der Waals surface area contributed by atoms with Crippen LogP contribution in [-0.2, 0) is 0 Å². The zero-order valence-electron chi connectivity index (χ0n) is 15.3. The minimum atomic E-state index is -0.515. The lowest BCUT2D eigenvalue weighted by atomic mass is 10.2. The molecule has 0 atom stereocenters. The Hall–Kier alpha value is -2.38. The zero-order valence-corrected chi connectivity index (χ0v) is 17.6. The first kappa shape index (κ1) is 20.4. The number of hydrogen-bond donors (Lipinski definition) is 1. The van der Waals surface area contributed by atoms with Crippen LogP contribution in [0.2, 0.25) is 5.02 Å². The van der Waals surface area contributed by atoms with Crippen molar-refractivity contribution in [3.8, 4) is 11.4 Å². The molecule has 0 saturated carbocycles. The second-order valence-corrected chi connectivity index (χ2v) is 7.25. The maximum absolute atomic E-state index is 14.6. The van der Waals surface area contributed by atoms with Crippen molar-refractivity contribution in [2.45, 2.75) is 13.8 Å². The van der Waals surface area contributed by atoms with Crippen molar-refractivity contribution < 1.29 is 13.9 Å². The summed E-state index contributed by atoms with van der Waals surface area (Å²) in [7, 11) is 0. The number of rotatable bonds is 6. The molecule has 3 rings (SSSR count). The van der Waals surface area contributed by atoms with Crippen molar-refractivity contribution in [3.05, 3.63) is 70.3 Å². The molecule has 0 fully saturated rings. The number of carbonyl (C=O) groups excluding carboxylic acids is 1. The Balaban J connectivity index is 1.75. The second-order valence-electron chi connectivity index (χ2n) is 6.08. The predicted molar refractivity (Wildman–Crippen MR) is 112 cm³/mol. The summed E-state index contributed by atoms with van der Waals surface area (Å²) in [5.41, 5.74) is 2.33. The molecule has 0 radical (unpaired) electrons. The molecule has 8 heteroatoms. The fraction of sp³-hybridized carbons (Fsp3) is 0.200. The van der Waals surface area contributed by atoms with Crippen LogP contribution in [0, 0.1) is 19.7 Å². The monoisotopic (exact) mass is 465 g/mol. The van der Waals surface area contributed by atoms with Crippen molar-refractivity contribution in [3.63, 3.8) is 0 Å². The van der Waals surface area contributed by atoms with Gasteiger partial charge >= 0.3 is 0 Å². The summed E-state index contributed by atoms with van der Waals surface area (Å²) in [6, 6.07) is 11.2. The minimum Gasteiger partial charge on any atom is -0.493 e. The molecule has 1 amide bonds.